The van der Waals surface area contributed by atoms with E-state index in [9.17, 15) is 20.1 Å². The van der Waals surface area contributed by atoms with Gasteiger partial charge in [-0.05, 0) is 38.5 Å². The van der Waals surface area contributed by atoms with E-state index in [2.05, 4.69) is 31.3 Å². The summed E-state index contributed by atoms with van der Waals surface area (Å²) in [5, 5.41) is 33.4. The number of rotatable bonds is 36. The fraction of sp³-hybridized carbons (Fsp3) is 0.925. The number of hydrogen-bond acceptors (Lipinski definition) is 4. The average Bonchev–Trinajstić information content (AvgIpc) is 3.04. The average molecular weight is 638 g/mol. The van der Waals surface area contributed by atoms with Crippen LogP contribution in [0.3, 0.4) is 0 Å². The van der Waals surface area contributed by atoms with Gasteiger partial charge in [0.05, 0.1) is 18.8 Å². The number of aliphatic hydroxyl groups is 3. The van der Waals surface area contributed by atoms with Crippen LogP contribution in [0, 0.1) is 0 Å². The maximum absolute atomic E-state index is 12.4. The molecule has 0 aromatic heterocycles. The Kier molecular flexibility index (Phi) is 35.2. The van der Waals surface area contributed by atoms with Gasteiger partial charge in [0.15, 0.2) is 0 Å². The molecule has 0 aliphatic heterocycles. The van der Waals surface area contributed by atoms with Crippen LogP contribution in [-0.2, 0) is 4.79 Å². The Morgan fingerprint density at radius 3 is 1.29 bits per heavy atom. The second-order valence-corrected chi connectivity index (χ2v) is 13.8. The monoisotopic (exact) mass is 638 g/mol. The number of carbonyl (C=O) groups is 1. The molecule has 3 atom stereocenters. The van der Waals surface area contributed by atoms with Gasteiger partial charge in [0, 0.05) is 6.42 Å². The van der Waals surface area contributed by atoms with Crippen molar-refractivity contribution in [3.8, 4) is 0 Å². The molecule has 0 aliphatic rings. The van der Waals surface area contributed by atoms with Crippen molar-refractivity contribution >= 4 is 5.91 Å². The molecule has 0 aromatic carbocycles. The zero-order chi connectivity index (χ0) is 33.1. The summed E-state index contributed by atoms with van der Waals surface area (Å²) in [6.07, 6.45) is 40.2. The van der Waals surface area contributed by atoms with E-state index in [0.29, 0.717) is 12.8 Å². The maximum Gasteiger partial charge on any atom is 0.220 e. The van der Waals surface area contributed by atoms with Gasteiger partial charge < -0.3 is 20.6 Å². The summed E-state index contributed by atoms with van der Waals surface area (Å²) in [5.74, 6) is -0.153. The van der Waals surface area contributed by atoms with E-state index >= 15 is 0 Å². The third-order valence-corrected chi connectivity index (χ3v) is 9.37. The van der Waals surface area contributed by atoms with E-state index in [0.717, 1.165) is 38.5 Å². The SMILES string of the molecule is CCCCCCCCCCCCCC/C=C/CCCC(O)C(O)C(CO)NC(=O)CCCCCCCCCCCCCCCC. The molecule has 0 saturated heterocycles. The van der Waals surface area contributed by atoms with Gasteiger partial charge >= 0.3 is 0 Å². The van der Waals surface area contributed by atoms with Crippen molar-refractivity contribution in [1.29, 1.82) is 0 Å². The van der Waals surface area contributed by atoms with E-state index in [4.69, 9.17) is 0 Å². The summed E-state index contributed by atoms with van der Waals surface area (Å²) in [7, 11) is 0. The highest BCUT2D eigenvalue weighted by atomic mass is 16.3. The molecule has 0 heterocycles. The quantitative estimate of drug-likeness (QED) is 0.0406. The van der Waals surface area contributed by atoms with Crippen molar-refractivity contribution in [1.82, 2.24) is 5.32 Å². The molecule has 3 unspecified atom stereocenters. The van der Waals surface area contributed by atoms with Crippen molar-refractivity contribution in [2.24, 2.45) is 0 Å². The van der Waals surface area contributed by atoms with Crippen LogP contribution in [0.25, 0.3) is 0 Å². The molecule has 268 valence electrons. The Hall–Kier alpha value is -0.910. The first-order valence-electron chi connectivity index (χ1n) is 20.0. The summed E-state index contributed by atoms with van der Waals surface area (Å²) in [6.45, 7) is 4.17. The third-order valence-electron chi connectivity index (χ3n) is 9.37. The van der Waals surface area contributed by atoms with Gasteiger partial charge in [-0.3, -0.25) is 4.79 Å². The van der Waals surface area contributed by atoms with Crippen LogP contribution in [0.15, 0.2) is 12.2 Å². The van der Waals surface area contributed by atoms with Crippen molar-refractivity contribution in [3.63, 3.8) is 0 Å². The van der Waals surface area contributed by atoms with Crippen LogP contribution in [0.4, 0.5) is 0 Å². The molecule has 0 aliphatic carbocycles. The highest BCUT2D eigenvalue weighted by Gasteiger charge is 2.26. The van der Waals surface area contributed by atoms with Gasteiger partial charge in [0.2, 0.25) is 5.91 Å². The van der Waals surface area contributed by atoms with Crippen molar-refractivity contribution < 1.29 is 20.1 Å². The Morgan fingerprint density at radius 1 is 0.533 bits per heavy atom. The van der Waals surface area contributed by atoms with E-state index in [1.54, 1.807) is 0 Å². The molecule has 0 rings (SSSR count). The summed E-state index contributed by atoms with van der Waals surface area (Å²) in [5.41, 5.74) is 0. The van der Waals surface area contributed by atoms with Crippen LogP contribution < -0.4 is 5.32 Å². The van der Waals surface area contributed by atoms with E-state index in [1.165, 1.54) is 148 Å². The molecule has 0 aromatic rings. The number of hydrogen-bond donors (Lipinski definition) is 4. The number of nitrogens with one attached hydrogen (secondary N) is 1. The first-order valence-corrected chi connectivity index (χ1v) is 20.0. The largest absolute Gasteiger partial charge is 0.394 e. The molecule has 1 amide bonds. The van der Waals surface area contributed by atoms with Crippen LogP contribution in [-0.4, -0.2) is 46.1 Å². The Labute approximate surface area is 280 Å². The zero-order valence-electron chi connectivity index (χ0n) is 30.3. The molecule has 4 N–H and O–H groups in total. The normalized spacial score (nSPS) is 13.8. The van der Waals surface area contributed by atoms with Gasteiger partial charge in [0.1, 0.15) is 6.10 Å². The minimum absolute atomic E-state index is 0.153. The smallest absolute Gasteiger partial charge is 0.220 e. The molecule has 0 bridgehead atoms. The van der Waals surface area contributed by atoms with E-state index in [1.807, 2.05) is 0 Å². The minimum Gasteiger partial charge on any atom is -0.394 e. The lowest BCUT2D eigenvalue weighted by Crippen LogP contribution is -2.50. The highest BCUT2D eigenvalue weighted by molar-refractivity contribution is 5.76. The van der Waals surface area contributed by atoms with Crippen molar-refractivity contribution in [3.05, 3.63) is 12.2 Å². The van der Waals surface area contributed by atoms with Gasteiger partial charge in [-0.2, -0.15) is 0 Å². The zero-order valence-corrected chi connectivity index (χ0v) is 30.3. The number of unbranched alkanes of at least 4 members (excludes halogenated alkanes) is 26. The first kappa shape index (κ1) is 44.1. The maximum atomic E-state index is 12.4. The van der Waals surface area contributed by atoms with Gasteiger partial charge in [-0.15, -0.1) is 0 Å². The molecule has 5 nitrogen and oxygen atoms in total. The number of carbonyl (C=O) groups excluding carboxylic acids is 1. The number of aliphatic hydroxyl groups excluding tert-OH is 3. The Morgan fingerprint density at radius 2 is 0.889 bits per heavy atom. The molecule has 45 heavy (non-hydrogen) atoms. The summed E-state index contributed by atoms with van der Waals surface area (Å²) < 4.78 is 0. The summed E-state index contributed by atoms with van der Waals surface area (Å²) >= 11 is 0. The predicted molar refractivity (Wildman–Crippen MR) is 195 cm³/mol. The third kappa shape index (κ3) is 31.5. The van der Waals surface area contributed by atoms with Crippen molar-refractivity contribution in [2.75, 3.05) is 6.61 Å². The standard InChI is InChI=1S/C40H79NO4/c1-3-5-7-9-11-13-15-17-19-20-21-22-24-26-28-30-32-34-38(43)40(45)37(36-42)41-39(44)35-33-31-29-27-25-23-18-16-14-12-10-8-6-4-2/h26,28,37-38,40,42-43,45H,3-25,27,29-36H2,1-2H3,(H,41,44)/b28-26+. The molecule has 0 saturated carbocycles. The topological polar surface area (TPSA) is 89.8 Å². The fourth-order valence-electron chi connectivity index (χ4n) is 6.22. The molecular formula is C40H79NO4. The van der Waals surface area contributed by atoms with E-state index in [-0.39, 0.29) is 12.5 Å². The highest BCUT2D eigenvalue weighted by Crippen LogP contribution is 2.15. The second kappa shape index (κ2) is 35.9. The molecule has 0 fully saturated rings. The Balaban J connectivity index is 3.68. The lowest BCUT2D eigenvalue weighted by molar-refractivity contribution is -0.124. The summed E-state index contributed by atoms with van der Waals surface area (Å²) in [4.78, 5) is 12.4. The first-order chi connectivity index (χ1) is 22.1. The summed E-state index contributed by atoms with van der Waals surface area (Å²) in [6, 6.07) is -0.819. The lowest BCUT2D eigenvalue weighted by Gasteiger charge is -2.26. The molecular weight excluding hydrogens is 558 g/mol. The van der Waals surface area contributed by atoms with Gasteiger partial charge in [0.25, 0.3) is 0 Å². The van der Waals surface area contributed by atoms with Crippen LogP contribution in [0.2, 0.25) is 0 Å². The molecule has 0 spiro atoms. The lowest BCUT2D eigenvalue weighted by atomic mass is 10.0. The van der Waals surface area contributed by atoms with E-state index < -0.39 is 18.2 Å². The molecule has 0 radical (unpaired) electrons. The Bertz CT molecular complexity index is 625. The second-order valence-electron chi connectivity index (χ2n) is 13.8. The van der Waals surface area contributed by atoms with Crippen molar-refractivity contribution in [2.45, 2.75) is 231 Å². The van der Waals surface area contributed by atoms with Crippen LogP contribution >= 0.6 is 0 Å². The molecule has 5 heteroatoms. The van der Waals surface area contributed by atoms with Crippen LogP contribution in [0.5, 0.6) is 0 Å². The predicted octanol–water partition coefficient (Wildman–Crippen LogP) is 10.9. The van der Waals surface area contributed by atoms with Gasteiger partial charge in [-0.1, -0.05) is 180 Å². The van der Waals surface area contributed by atoms with Crippen LogP contribution in [0.1, 0.15) is 213 Å². The number of amides is 1. The minimum atomic E-state index is -1.15. The number of allylic oxidation sites excluding steroid dienone is 2. The fourth-order valence-corrected chi connectivity index (χ4v) is 6.22. The van der Waals surface area contributed by atoms with Gasteiger partial charge in [-0.25, -0.2) is 0 Å².